The molecular formula is C7H5F3N2O2. The maximum Gasteiger partial charge on any atom is 0.280 e. The molecule has 14 heavy (non-hydrogen) atoms. The lowest BCUT2D eigenvalue weighted by atomic mass is 10.3. The zero-order valence-corrected chi connectivity index (χ0v) is 6.78. The first kappa shape index (κ1) is 10.4. The quantitative estimate of drug-likeness (QED) is 0.563. The smallest absolute Gasteiger partial charge is 0.258 e. The summed E-state index contributed by atoms with van der Waals surface area (Å²) < 4.78 is 36.3. The van der Waals surface area contributed by atoms with Gasteiger partial charge in [0.1, 0.15) is 12.4 Å². The van der Waals surface area contributed by atoms with Crippen LogP contribution in [0.2, 0.25) is 0 Å². The molecule has 0 aliphatic heterocycles. The molecule has 4 nitrogen and oxygen atoms in total. The van der Waals surface area contributed by atoms with E-state index in [1.165, 1.54) is 0 Å². The third-order valence-electron chi connectivity index (χ3n) is 1.45. The number of nitro groups is 1. The Labute approximate surface area is 76.5 Å². The van der Waals surface area contributed by atoms with Crippen molar-refractivity contribution in [2.45, 2.75) is 13.1 Å². The second-order valence-corrected chi connectivity index (χ2v) is 2.43. The van der Waals surface area contributed by atoms with Crippen LogP contribution >= 0.6 is 0 Å². The van der Waals surface area contributed by atoms with Gasteiger partial charge in [0.2, 0.25) is 0 Å². The number of aromatic nitrogens is 1. The van der Waals surface area contributed by atoms with E-state index in [0.29, 0.717) is 6.07 Å². The summed E-state index contributed by atoms with van der Waals surface area (Å²) >= 11 is 0. The van der Waals surface area contributed by atoms with E-state index in [1.54, 1.807) is 0 Å². The highest BCUT2D eigenvalue weighted by atomic mass is 19.3. The van der Waals surface area contributed by atoms with Crippen LogP contribution in [0.25, 0.3) is 0 Å². The first-order valence-corrected chi connectivity index (χ1v) is 3.54. The molecule has 0 atom stereocenters. The van der Waals surface area contributed by atoms with Gasteiger partial charge in [-0.15, -0.1) is 0 Å². The molecule has 0 amide bonds. The van der Waals surface area contributed by atoms with Gasteiger partial charge in [-0.3, -0.25) is 10.1 Å². The minimum absolute atomic E-state index is 0.366. The van der Waals surface area contributed by atoms with Gasteiger partial charge in [-0.25, -0.2) is 18.2 Å². The Morgan fingerprint density at radius 3 is 2.57 bits per heavy atom. The van der Waals surface area contributed by atoms with Crippen LogP contribution < -0.4 is 0 Å². The molecular weight excluding hydrogens is 201 g/mol. The highest BCUT2D eigenvalue weighted by Crippen LogP contribution is 2.22. The van der Waals surface area contributed by atoms with Gasteiger partial charge in [0.05, 0.1) is 10.6 Å². The van der Waals surface area contributed by atoms with Gasteiger partial charge in [0.25, 0.3) is 12.1 Å². The number of rotatable bonds is 3. The lowest BCUT2D eigenvalue weighted by Crippen LogP contribution is -1.98. The van der Waals surface area contributed by atoms with E-state index in [9.17, 15) is 23.3 Å². The summed E-state index contributed by atoms with van der Waals surface area (Å²) in [6.45, 7) is -1.11. The fourth-order valence-corrected chi connectivity index (χ4v) is 0.880. The Morgan fingerprint density at radius 2 is 2.14 bits per heavy atom. The molecule has 0 radical (unpaired) electrons. The molecule has 0 aliphatic rings. The first-order valence-electron chi connectivity index (χ1n) is 3.54. The molecule has 0 spiro atoms. The SMILES string of the molecule is O=[N+]([O-])c1cc(CF)nc(C(F)F)c1. The second-order valence-electron chi connectivity index (χ2n) is 2.43. The maximum absolute atomic E-state index is 12.1. The van der Waals surface area contributed by atoms with E-state index in [2.05, 4.69) is 4.98 Å². The van der Waals surface area contributed by atoms with Gasteiger partial charge < -0.3 is 0 Å². The Morgan fingerprint density at radius 1 is 1.50 bits per heavy atom. The van der Waals surface area contributed by atoms with E-state index in [0.717, 1.165) is 6.07 Å². The highest BCUT2D eigenvalue weighted by Gasteiger charge is 2.16. The minimum atomic E-state index is -2.94. The van der Waals surface area contributed by atoms with Crippen LogP contribution in [0.4, 0.5) is 18.9 Å². The molecule has 1 aromatic rings. The third kappa shape index (κ3) is 2.18. The largest absolute Gasteiger partial charge is 0.280 e. The first-order chi connectivity index (χ1) is 6.54. The van der Waals surface area contributed by atoms with Crippen molar-refractivity contribution in [1.82, 2.24) is 4.98 Å². The van der Waals surface area contributed by atoms with Crippen LogP contribution in [-0.4, -0.2) is 9.91 Å². The zero-order valence-electron chi connectivity index (χ0n) is 6.78. The van der Waals surface area contributed by atoms with Crippen molar-refractivity contribution in [3.05, 3.63) is 33.6 Å². The molecule has 1 rings (SSSR count). The molecule has 0 bridgehead atoms. The van der Waals surface area contributed by atoms with Crippen LogP contribution in [0.15, 0.2) is 12.1 Å². The Kier molecular flexibility index (Phi) is 3.00. The van der Waals surface area contributed by atoms with E-state index in [1.807, 2.05) is 0 Å². The van der Waals surface area contributed by atoms with E-state index >= 15 is 0 Å². The molecule has 0 aliphatic carbocycles. The third-order valence-corrected chi connectivity index (χ3v) is 1.45. The van der Waals surface area contributed by atoms with Crippen molar-refractivity contribution in [3.8, 4) is 0 Å². The summed E-state index contributed by atoms with van der Waals surface area (Å²) in [5.41, 5.74) is -1.73. The van der Waals surface area contributed by atoms with E-state index in [-0.39, 0.29) is 5.69 Å². The van der Waals surface area contributed by atoms with Crippen molar-refractivity contribution in [3.63, 3.8) is 0 Å². The van der Waals surface area contributed by atoms with Gasteiger partial charge >= 0.3 is 0 Å². The molecule has 7 heteroatoms. The highest BCUT2D eigenvalue weighted by molar-refractivity contribution is 5.33. The van der Waals surface area contributed by atoms with E-state index in [4.69, 9.17) is 0 Å². The number of alkyl halides is 3. The monoisotopic (exact) mass is 206 g/mol. The lowest BCUT2D eigenvalue weighted by molar-refractivity contribution is -0.385. The number of nitrogens with zero attached hydrogens (tertiary/aromatic N) is 2. The standard InChI is InChI=1S/C7H5F3N2O2/c8-3-4-1-5(12(13)14)2-6(11-4)7(9)10/h1-2,7H,3H2. The van der Waals surface area contributed by atoms with Gasteiger partial charge in [-0.2, -0.15) is 0 Å². The van der Waals surface area contributed by atoms with Gasteiger partial charge in [-0.05, 0) is 0 Å². The van der Waals surface area contributed by atoms with Crippen LogP contribution in [-0.2, 0) is 6.67 Å². The molecule has 1 heterocycles. The second kappa shape index (κ2) is 4.03. The molecule has 0 saturated carbocycles. The van der Waals surface area contributed by atoms with Crippen molar-refractivity contribution >= 4 is 5.69 Å². The van der Waals surface area contributed by atoms with E-state index < -0.39 is 29.4 Å². The Balaban J connectivity index is 3.20. The number of pyridine rings is 1. The average Bonchev–Trinajstić information content (AvgIpc) is 2.16. The molecule has 0 aromatic carbocycles. The van der Waals surface area contributed by atoms with Crippen LogP contribution in [0.1, 0.15) is 17.8 Å². The average molecular weight is 206 g/mol. The van der Waals surface area contributed by atoms with Crippen LogP contribution in [0.3, 0.4) is 0 Å². The maximum atomic E-state index is 12.1. The number of hydrogen-bond donors (Lipinski definition) is 0. The number of hydrogen-bond acceptors (Lipinski definition) is 3. The molecule has 0 N–H and O–H groups in total. The predicted octanol–water partition coefficient (Wildman–Crippen LogP) is 2.40. The molecule has 0 fully saturated rings. The summed E-state index contributed by atoms with van der Waals surface area (Å²) in [7, 11) is 0. The molecule has 0 unspecified atom stereocenters. The fraction of sp³-hybridized carbons (Fsp3) is 0.286. The predicted molar refractivity (Wildman–Crippen MR) is 40.7 cm³/mol. The summed E-state index contributed by atoms with van der Waals surface area (Å²) in [6, 6.07) is 1.45. The molecule has 1 aromatic heterocycles. The van der Waals surface area contributed by atoms with Crippen molar-refractivity contribution in [2.24, 2.45) is 0 Å². The lowest BCUT2D eigenvalue weighted by Gasteiger charge is -2.00. The van der Waals surface area contributed by atoms with Crippen LogP contribution in [0.5, 0.6) is 0 Å². The summed E-state index contributed by atoms with van der Waals surface area (Å²) in [5, 5.41) is 10.3. The summed E-state index contributed by atoms with van der Waals surface area (Å²) in [5.74, 6) is 0. The van der Waals surface area contributed by atoms with Crippen LogP contribution in [0, 0.1) is 10.1 Å². The molecule has 76 valence electrons. The number of halogens is 3. The molecule has 0 saturated heterocycles. The van der Waals surface area contributed by atoms with Crippen molar-refractivity contribution in [1.29, 1.82) is 0 Å². The van der Waals surface area contributed by atoms with Gasteiger partial charge in [0.15, 0.2) is 0 Å². The topological polar surface area (TPSA) is 56.0 Å². The zero-order chi connectivity index (χ0) is 10.7. The summed E-state index contributed by atoms with van der Waals surface area (Å²) in [4.78, 5) is 12.6. The fourth-order valence-electron chi connectivity index (χ4n) is 0.880. The minimum Gasteiger partial charge on any atom is -0.258 e. The van der Waals surface area contributed by atoms with Crippen molar-refractivity contribution in [2.75, 3.05) is 0 Å². The van der Waals surface area contributed by atoms with Crippen molar-refractivity contribution < 1.29 is 18.1 Å². The summed E-state index contributed by atoms with van der Waals surface area (Å²) in [6.07, 6.45) is -2.94. The van der Waals surface area contributed by atoms with Gasteiger partial charge in [0, 0.05) is 12.1 Å². The Bertz CT molecular complexity index is 357. The van der Waals surface area contributed by atoms with Gasteiger partial charge in [-0.1, -0.05) is 0 Å². The Hall–Kier alpha value is -1.66. The normalized spacial score (nSPS) is 10.6.